The van der Waals surface area contributed by atoms with Gasteiger partial charge in [0.15, 0.2) is 6.10 Å². The fraction of sp³-hybridized carbons (Fsp3) is 0.592. The van der Waals surface area contributed by atoms with Gasteiger partial charge in [0.2, 0.25) is 0 Å². The number of likely N-dealkylation sites (N-methyl/N-ethyl adjacent to an activating group) is 1. The Morgan fingerprint density at radius 1 is 0.353 bits per heavy atom. The van der Waals surface area contributed by atoms with E-state index in [1.807, 2.05) is 33.3 Å². The average Bonchev–Trinajstić information content (AvgIpc) is 3.49. The second-order valence-corrected chi connectivity index (χ2v) is 22.7. The summed E-state index contributed by atoms with van der Waals surface area (Å²) in [6.07, 6.45) is 94.8. The highest BCUT2D eigenvalue weighted by atomic mass is 16.7. The van der Waals surface area contributed by atoms with Crippen molar-refractivity contribution in [3.8, 4) is 0 Å². The molecule has 0 saturated heterocycles. The van der Waals surface area contributed by atoms with Crippen LogP contribution in [0.15, 0.2) is 170 Å². The minimum absolute atomic E-state index is 0.169. The molecule has 0 aromatic rings. The second-order valence-electron chi connectivity index (χ2n) is 22.7. The monoisotopic (exact) mass is 1180 g/mol. The third kappa shape index (κ3) is 66.0. The number of carboxylic acids is 1. The van der Waals surface area contributed by atoms with Crippen molar-refractivity contribution >= 4 is 17.9 Å². The molecule has 0 amide bonds. The highest BCUT2D eigenvalue weighted by Gasteiger charge is 2.25. The van der Waals surface area contributed by atoms with Crippen LogP contribution in [0.1, 0.15) is 232 Å². The van der Waals surface area contributed by atoms with Crippen molar-refractivity contribution in [2.75, 3.05) is 47.5 Å². The van der Waals surface area contributed by atoms with Crippen LogP contribution < -0.4 is 0 Å². The SMILES string of the molecule is CC/C=C\C/C=C\C/C=C\C/C=C\C/C=C\C/C=C\C/C=C\C/C=C\CCCCCCCCCCCCCCCCCCC(=O)OC(COC(=O)CC/C=C\C/C=C\C/C=C\C/C=C\C/C=C\C/C=C\CC)COC(OCC[N+](C)(C)C)C(=O)O. The third-order valence-electron chi connectivity index (χ3n) is 13.5. The number of hydrogen-bond acceptors (Lipinski definition) is 7. The molecule has 0 fully saturated rings. The molecule has 9 heteroatoms. The molecule has 0 aromatic heterocycles. The molecule has 0 aromatic carbocycles. The number of carbonyl (C=O) groups excluding carboxylic acids is 2. The molecular weight excluding hydrogens is 1050 g/mol. The highest BCUT2D eigenvalue weighted by Crippen LogP contribution is 2.16. The van der Waals surface area contributed by atoms with E-state index in [1.165, 1.54) is 83.5 Å². The molecule has 0 rings (SSSR count). The zero-order valence-corrected chi connectivity index (χ0v) is 54.4. The van der Waals surface area contributed by atoms with Gasteiger partial charge in [-0.2, -0.15) is 0 Å². The van der Waals surface area contributed by atoms with E-state index in [9.17, 15) is 19.5 Å². The number of unbranched alkanes of at least 4 members (excludes halogenated alkanes) is 16. The molecule has 0 spiro atoms. The molecule has 0 bridgehead atoms. The lowest BCUT2D eigenvalue weighted by Crippen LogP contribution is -2.40. The summed E-state index contributed by atoms with van der Waals surface area (Å²) >= 11 is 0. The van der Waals surface area contributed by atoms with E-state index in [0.717, 1.165) is 109 Å². The first kappa shape index (κ1) is 79.7. The first-order valence-corrected chi connectivity index (χ1v) is 33.3. The predicted octanol–water partition coefficient (Wildman–Crippen LogP) is 20.7. The zero-order valence-electron chi connectivity index (χ0n) is 54.4. The number of nitrogens with zero attached hydrogens (tertiary/aromatic N) is 1. The first-order chi connectivity index (χ1) is 41.6. The van der Waals surface area contributed by atoms with Gasteiger partial charge < -0.3 is 28.5 Å². The highest BCUT2D eigenvalue weighted by molar-refractivity contribution is 5.71. The van der Waals surface area contributed by atoms with Gasteiger partial charge in [-0.05, 0) is 116 Å². The maximum Gasteiger partial charge on any atom is 0.361 e. The first-order valence-electron chi connectivity index (χ1n) is 33.3. The zero-order chi connectivity index (χ0) is 61.9. The fourth-order valence-electron chi connectivity index (χ4n) is 8.47. The average molecular weight is 1180 g/mol. The van der Waals surface area contributed by atoms with Crippen molar-refractivity contribution in [2.45, 2.75) is 245 Å². The summed E-state index contributed by atoms with van der Waals surface area (Å²) in [6, 6.07) is 0. The Morgan fingerprint density at radius 3 is 0.988 bits per heavy atom. The van der Waals surface area contributed by atoms with Crippen LogP contribution in [0.3, 0.4) is 0 Å². The minimum atomic E-state index is -1.54. The summed E-state index contributed by atoms with van der Waals surface area (Å²) in [6.45, 7) is 4.54. The Balaban J connectivity index is 4.15. The Hall–Kier alpha value is -5.35. The number of ether oxygens (including phenoxy) is 4. The summed E-state index contributed by atoms with van der Waals surface area (Å²) < 4.78 is 22.8. The lowest BCUT2D eigenvalue weighted by molar-refractivity contribution is -0.870. The third-order valence-corrected chi connectivity index (χ3v) is 13.5. The number of hydrogen-bond donors (Lipinski definition) is 1. The molecule has 9 nitrogen and oxygen atoms in total. The number of quaternary nitrogens is 1. The van der Waals surface area contributed by atoms with Gasteiger partial charge in [0.25, 0.3) is 6.29 Å². The van der Waals surface area contributed by atoms with E-state index in [-0.39, 0.29) is 32.7 Å². The Morgan fingerprint density at radius 2 is 0.659 bits per heavy atom. The van der Waals surface area contributed by atoms with E-state index in [2.05, 4.69) is 172 Å². The topological polar surface area (TPSA) is 108 Å². The largest absolute Gasteiger partial charge is 0.477 e. The molecule has 0 aliphatic heterocycles. The molecule has 0 radical (unpaired) electrons. The minimum Gasteiger partial charge on any atom is -0.477 e. The van der Waals surface area contributed by atoms with Crippen LogP contribution >= 0.6 is 0 Å². The van der Waals surface area contributed by atoms with Gasteiger partial charge in [0, 0.05) is 12.8 Å². The Bertz CT molecular complexity index is 2000. The molecule has 85 heavy (non-hydrogen) atoms. The van der Waals surface area contributed by atoms with Crippen LogP contribution in [0.25, 0.3) is 0 Å². The van der Waals surface area contributed by atoms with Gasteiger partial charge in [0.1, 0.15) is 13.2 Å². The van der Waals surface area contributed by atoms with Crippen molar-refractivity contribution in [1.82, 2.24) is 0 Å². The van der Waals surface area contributed by atoms with E-state index < -0.39 is 30.3 Å². The number of allylic oxidation sites excluding steroid dienone is 28. The van der Waals surface area contributed by atoms with E-state index >= 15 is 0 Å². The molecule has 2 unspecified atom stereocenters. The number of carbonyl (C=O) groups is 3. The van der Waals surface area contributed by atoms with Crippen molar-refractivity contribution in [3.05, 3.63) is 170 Å². The molecule has 0 aliphatic carbocycles. The van der Waals surface area contributed by atoms with Crippen molar-refractivity contribution in [1.29, 1.82) is 0 Å². The number of esters is 2. The fourth-order valence-corrected chi connectivity index (χ4v) is 8.47. The lowest BCUT2D eigenvalue weighted by Gasteiger charge is -2.25. The summed E-state index contributed by atoms with van der Waals surface area (Å²) in [4.78, 5) is 37.5. The van der Waals surface area contributed by atoms with Crippen LogP contribution in [0.4, 0.5) is 0 Å². The lowest BCUT2D eigenvalue weighted by atomic mass is 10.0. The maximum atomic E-state index is 12.9. The van der Waals surface area contributed by atoms with Crippen LogP contribution in [0.5, 0.6) is 0 Å². The number of rotatable bonds is 59. The molecule has 0 saturated carbocycles. The van der Waals surface area contributed by atoms with Crippen LogP contribution in [-0.2, 0) is 33.3 Å². The maximum absolute atomic E-state index is 12.9. The molecule has 2 atom stereocenters. The van der Waals surface area contributed by atoms with Gasteiger partial charge in [0.05, 0.1) is 34.4 Å². The Kier molecular flexibility index (Phi) is 60.6. The van der Waals surface area contributed by atoms with Gasteiger partial charge in [-0.15, -0.1) is 0 Å². The van der Waals surface area contributed by atoms with Gasteiger partial charge in [-0.1, -0.05) is 274 Å². The van der Waals surface area contributed by atoms with Crippen LogP contribution in [0, 0.1) is 0 Å². The summed E-state index contributed by atoms with van der Waals surface area (Å²) in [5.41, 5.74) is 0. The van der Waals surface area contributed by atoms with Gasteiger partial charge in [-0.3, -0.25) is 9.59 Å². The molecule has 0 aliphatic rings. The molecule has 0 heterocycles. The van der Waals surface area contributed by atoms with E-state index in [0.29, 0.717) is 23.9 Å². The normalized spacial score (nSPS) is 13.8. The number of aliphatic carboxylic acids is 1. The van der Waals surface area contributed by atoms with Gasteiger partial charge >= 0.3 is 17.9 Å². The summed E-state index contributed by atoms with van der Waals surface area (Å²) in [5.74, 6) is -2.13. The number of carboxylic acid groups (broad SMARTS) is 1. The standard InChI is InChI=1S/C76H121NO8/c1-6-8-10-12-14-16-18-20-22-24-26-27-28-29-30-31-32-33-34-35-36-37-38-39-40-41-42-43-44-45-46-47-49-51-53-55-57-59-61-63-65-67-74(79)85-72(71-84-76(75(80)81)82-69-68-77(3,4)5)70-83-73(78)66-64-62-60-58-56-54-52-50-48-25-23-21-19-17-15-13-11-9-7-2/h8-11,14-17,20-23,26-27,29-30,32-33,35-36,38-39,48,50,54,56,60,62,72,76H,6-7,12-13,18-19,24-25,28,31,34,37,40-47,49,51-53,55,57-59,61,63-71H2,1-5H3/p+1/b10-8-,11-9-,16-14-,17-15-,22-20-,23-21-,27-26-,30-29-,33-32-,36-35-,39-38-,50-48-,56-54-,62-60-. The quantitative estimate of drug-likeness (QED) is 0.0211. The van der Waals surface area contributed by atoms with Crippen molar-refractivity contribution in [2.24, 2.45) is 0 Å². The van der Waals surface area contributed by atoms with Crippen LogP contribution in [-0.4, -0.2) is 87.4 Å². The molecule has 478 valence electrons. The van der Waals surface area contributed by atoms with Crippen molar-refractivity contribution in [3.63, 3.8) is 0 Å². The molecular formula is C76H122NO8+. The predicted molar refractivity (Wildman–Crippen MR) is 363 cm³/mol. The summed E-state index contributed by atoms with van der Waals surface area (Å²) in [7, 11) is 5.94. The Labute approximate surface area is 520 Å². The van der Waals surface area contributed by atoms with Gasteiger partial charge in [-0.25, -0.2) is 4.79 Å². The van der Waals surface area contributed by atoms with E-state index in [4.69, 9.17) is 18.9 Å². The summed E-state index contributed by atoms with van der Waals surface area (Å²) in [5, 5.41) is 9.72. The van der Waals surface area contributed by atoms with E-state index in [1.54, 1.807) is 0 Å². The van der Waals surface area contributed by atoms with Crippen molar-refractivity contribution < 1.29 is 42.9 Å². The molecule has 1 N–H and O–H groups in total. The second kappa shape index (κ2) is 64.6. The smallest absolute Gasteiger partial charge is 0.361 e. The van der Waals surface area contributed by atoms with Crippen LogP contribution in [0.2, 0.25) is 0 Å².